The van der Waals surface area contributed by atoms with Crippen molar-refractivity contribution in [3.63, 3.8) is 0 Å². The number of alkyl halides is 1. The molecule has 4 N–H and O–H groups in total. The Hall–Kier alpha value is -2.53. The number of fused-ring (bicyclic) bond motifs is 2. The summed E-state index contributed by atoms with van der Waals surface area (Å²) in [6.07, 6.45) is 5.40. The molecule has 3 aliphatic rings. The Bertz CT molecular complexity index is 1030. The van der Waals surface area contributed by atoms with Crippen LogP contribution in [0.4, 0.5) is 19.3 Å². The van der Waals surface area contributed by atoms with E-state index in [1.807, 2.05) is 0 Å². The highest BCUT2D eigenvalue weighted by molar-refractivity contribution is 7.80. The van der Waals surface area contributed by atoms with E-state index in [1.54, 1.807) is 0 Å². The molecule has 0 bridgehead atoms. The normalized spacial score (nSPS) is 21.0. The van der Waals surface area contributed by atoms with Gasteiger partial charge in [-0.05, 0) is 71.9 Å². The molecule has 32 heavy (non-hydrogen) atoms. The third kappa shape index (κ3) is 4.49. The van der Waals surface area contributed by atoms with Crippen LogP contribution in [-0.4, -0.2) is 44.3 Å². The van der Waals surface area contributed by atoms with Crippen LogP contribution in [0, 0.1) is 5.82 Å². The van der Waals surface area contributed by atoms with Crippen LogP contribution in [0.25, 0.3) is 0 Å². The number of amides is 2. The van der Waals surface area contributed by atoms with Crippen LogP contribution in [0.1, 0.15) is 35.1 Å². The van der Waals surface area contributed by atoms with Crippen molar-refractivity contribution in [1.29, 1.82) is 0 Å². The van der Waals surface area contributed by atoms with Crippen LogP contribution in [0.2, 0.25) is 0 Å². The zero-order valence-corrected chi connectivity index (χ0v) is 18.4. The first-order valence-electron chi connectivity index (χ1n) is 10.7. The summed E-state index contributed by atoms with van der Waals surface area (Å²) in [6.45, 7) is 0.188. The standard InChI is InChI=1S/C21H26F2N5O3S/c22-7-8-25-12-10-26-20(31-11-12)17(9-24)32(30)28-21(29)27-19-15-5-1-3-13(15)18(23)14-4-2-6-16(14)19/h9,12,25H,1-8,10-11,24H2,(H,27,29)/q-1. The second-order valence-corrected chi connectivity index (χ2v) is 9.03. The number of benzene rings is 1. The number of nitrogens with zero attached hydrogens (tertiary/aromatic N) is 2. The molecule has 0 spiro atoms. The van der Waals surface area contributed by atoms with E-state index in [0.29, 0.717) is 49.0 Å². The van der Waals surface area contributed by atoms with E-state index in [4.69, 9.17) is 10.5 Å². The van der Waals surface area contributed by atoms with Gasteiger partial charge in [-0.1, -0.05) is 0 Å². The molecule has 11 heteroatoms. The van der Waals surface area contributed by atoms with Crippen LogP contribution in [0.3, 0.4) is 0 Å². The van der Waals surface area contributed by atoms with E-state index in [1.165, 1.54) is 0 Å². The molecule has 174 valence electrons. The van der Waals surface area contributed by atoms with E-state index in [2.05, 4.69) is 20.0 Å². The summed E-state index contributed by atoms with van der Waals surface area (Å²) in [5.41, 5.74) is 9.19. The van der Waals surface area contributed by atoms with Crippen LogP contribution in [0.5, 0.6) is 0 Å². The van der Waals surface area contributed by atoms with Gasteiger partial charge in [-0.2, -0.15) is 0 Å². The summed E-state index contributed by atoms with van der Waals surface area (Å²) >= 11 is 0. The lowest BCUT2D eigenvalue weighted by Crippen LogP contribution is -2.41. The second-order valence-electron chi connectivity index (χ2n) is 7.91. The SMILES string of the molecule is NC=C(C1=NCC(NCCF)CO1)[S-](=O)=NC(=O)Nc1c2c(c(F)c3c1CCC3)CCC2. The molecule has 1 atom stereocenters. The van der Waals surface area contributed by atoms with Gasteiger partial charge in [0.25, 0.3) is 0 Å². The number of rotatable bonds is 6. The number of carbonyl (C=O) groups excluding carboxylic acids is 1. The zero-order chi connectivity index (χ0) is 22.7. The molecule has 1 aliphatic heterocycles. The molecule has 0 saturated carbocycles. The zero-order valence-electron chi connectivity index (χ0n) is 17.6. The summed E-state index contributed by atoms with van der Waals surface area (Å²) in [6, 6.07) is -0.957. The first kappa shape index (κ1) is 22.7. The van der Waals surface area contributed by atoms with Gasteiger partial charge >= 0.3 is 6.03 Å². The number of urea groups is 1. The van der Waals surface area contributed by atoms with Crippen molar-refractivity contribution < 1.29 is 22.5 Å². The Morgan fingerprint density at radius 1 is 1.22 bits per heavy atom. The molecule has 2 amide bonds. The van der Waals surface area contributed by atoms with Gasteiger partial charge in [0.2, 0.25) is 0 Å². The summed E-state index contributed by atoms with van der Waals surface area (Å²) in [7, 11) is -2.14. The topological polar surface area (TPSA) is 118 Å². The van der Waals surface area contributed by atoms with Crippen molar-refractivity contribution in [2.24, 2.45) is 15.1 Å². The van der Waals surface area contributed by atoms with Crippen molar-refractivity contribution in [2.75, 3.05) is 31.7 Å². The highest BCUT2D eigenvalue weighted by Crippen LogP contribution is 2.41. The summed E-state index contributed by atoms with van der Waals surface area (Å²) in [5.74, 6) is -0.0899. The molecule has 2 aliphatic carbocycles. The molecular formula is C21H26F2N5O3S-. The van der Waals surface area contributed by atoms with Gasteiger partial charge in [0.05, 0.1) is 12.6 Å². The lowest BCUT2D eigenvalue weighted by Gasteiger charge is -2.25. The van der Waals surface area contributed by atoms with Crippen molar-refractivity contribution in [3.05, 3.63) is 39.2 Å². The molecule has 0 fully saturated rings. The first-order chi connectivity index (χ1) is 15.5. The van der Waals surface area contributed by atoms with Crippen molar-refractivity contribution >= 4 is 28.2 Å². The van der Waals surface area contributed by atoms with E-state index < -0.39 is 23.3 Å². The highest BCUT2D eigenvalue weighted by atomic mass is 32.2. The number of hydrogen-bond donors (Lipinski definition) is 3. The maximum absolute atomic E-state index is 14.8. The fraction of sp³-hybridized carbons (Fsp3) is 0.524. The number of ether oxygens (including phenoxy) is 1. The van der Waals surface area contributed by atoms with Gasteiger partial charge < -0.3 is 29.7 Å². The first-order valence-corrected chi connectivity index (χ1v) is 11.8. The Morgan fingerprint density at radius 3 is 2.44 bits per heavy atom. The van der Waals surface area contributed by atoms with Crippen LogP contribution in [-0.2, 0) is 45.2 Å². The predicted molar refractivity (Wildman–Crippen MR) is 118 cm³/mol. The lowest BCUT2D eigenvalue weighted by atomic mass is 9.98. The quantitative estimate of drug-likeness (QED) is 0.557. The maximum atomic E-state index is 14.8. The minimum Gasteiger partial charge on any atom is -0.477 e. The van der Waals surface area contributed by atoms with Crippen molar-refractivity contribution in [2.45, 2.75) is 44.6 Å². The number of carbonyl (C=O) groups is 1. The third-order valence-corrected chi connectivity index (χ3v) is 6.94. The van der Waals surface area contributed by atoms with Gasteiger partial charge in [-0.3, -0.25) is 4.99 Å². The number of nitrogens with one attached hydrogen (secondary N) is 2. The van der Waals surface area contributed by atoms with Gasteiger partial charge in [0.15, 0.2) is 5.90 Å². The molecule has 1 heterocycles. The predicted octanol–water partition coefficient (Wildman–Crippen LogP) is 2.64. The summed E-state index contributed by atoms with van der Waals surface area (Å²) in [4.78, 5) is 16.8. The smallest absolute Gasteiger partial charge is 0.322 e. The highest BCUT2D eigenvalue weighted by Gasteiger charge is 2.29. The summed E-state index contributed by atoms with van der Waals surface area (Å²) < 4.78 is 49.0. The monoisotopic (exact) mass is 466 g/mol. The summed E-state index contributed by atoms with van der Waals surface area (Å²) in [5, 5.41) is 5.69. The van der Waals surface area contributed by atoms with E-state index in [0.717, 1.165) is 30.2 Å². The Labute approximate surface area is 186 Å². The van der Waals surface area contributed by atoms with Gasteiger partial charge in [-0.25, -0.2) is 13.6 Å². The molecule has 1 aromatic carbocycles. The number of halogens is 2. The van der Waals surface area contributed by atoms with Crippen LogP contribution >= 0.6 is 0 Å². The fourth-order valence-electron chi connectivity index (χ4n) is 4.50. The third-order valence-electron chi connectivity index (χ3n) is 5.92. The molecule has 8 nitrogen and oxygen atoms in total. The molecular weight excluding hydrogens is 440 g/mol. The Morgan fingerprint density at radius 2 is 1.88 bits per heavy atom. The van der Waals surface area contributed by atoms with E-state index >= 15 is 0 Å². The number of hydrogen-bond acceptors (Lipinski definition) is 7. The molecule has 4 rings (SSSR count). The lowest BCUT2D eigenvalue weighted by molar-refractivity contribution is 0.235. The average Bonchev–Trinajstić information content (AvgIpc) is 3.47. The van der Waals surface area contributed by atoms with Gasteiger partial charge in [0.1, 0.15) is 19.1 Å². The van der Waals surface area contributed by atoms with Gasteiger partial charge in [0, 0.05) is 12.2 Å². The maximum Gasteiger partial charge on any atom is 0.322 e. The molecule has 0 saturated heterocycles. The molecule has 0 aromatic heterocycles. The second kappa shape index (κ2) is 9.95. The minimum absolute atomic E-state index is 0.0151. The largest absolute Gasteiger partial charge is 0.477 e. The minimum atomic E-state index is -2.14. The van der Waals surface area contributed by atoms with Crippen LogP contribution in [0.15, 0.2) is 20.5 Å². The van der Waals surface area contributed by atoms with Crippen LogP contribution < -0.4 is 16.4 Å². The fourth-order valence-corrected chi connectivity index (χ4v) is 5.18. The molecule has 1 unspecified atom stereocenters. The van der Waals surface area contributed by atoms with E-state index in [9.17, 15) is 17.8 Å². The van der Waals surface area contributed by atoms with E-state index in [-0.39, 0.29) is 35.8 Å². The van der Waals surface area contributed by atoms with Crippen molar-refractivity contribution in [1.82, 2.24) is 5.32 Å². The Kier molecular flexibility index (Phi) is 7.04. The molecule has 0 radical (unpaired) electrons. The molecule has 1 aromatic rings. The number of anilines is 1. The number of aliphatic imine (C=N–C) groups is 1. The Balaban J connectivity index is 1.51. The van der Waals surface area contributed by atoms with Crippen molar-refractivity contribution in [3.8, 4) is 0 Å². The average molecular weight is 467 g/mol. The number of nitrogens with two attached hydrogens (primary N) is 1. The van der Waals surface area contributed by atoms with Gasteiger partial charge in [-0.15, -0.1) is 10.6 Å².